The van der Waals surface area contributed by atoms with Crippen molar-refractivity contribution in [3.05, 3.63) is 29.8 Å². The fraction of sp³-hybridized carbons (Fsp3) is 0.684. The Kier molecular flexibility index (Phi) is 9.17. The highest BCUT2D eigenvalue weighted by Crippen LogP contribution is 2.38. The van der Waals surface area contributed by atoms with Crippen LogP contribution in [0.15, 0.2) is 18.2 Å². The van der Waals surface area contributed by atoms with Crippen LogP contribution in [0, 0.1) is 23.5 Å². The minimum Gasteiger partial charge on any atom is -0.207 e. The zero-order valence-electron chi connectivity index (χ0n) is 14.5. The van der Waals surface area contributed by atoms with E-state index in [4.69, 9.17) is 0 Å². The molecule has 0 radical (unpaired) electrons. The Labute approximate surface area is 136 Å². The van der Waals surface area contributed by atoms with Gasteiger partial charge in [-0.2, -0.15) is 0 Å². The summed E-state index contributed by atoms with van der Waals surface area (Å²) in [5, 5.41) is 0.742. The summed E-state index contributed by atoms with van der Waals surface area (Å²) in [6, 6.07) is 4.07. The lowest BCUT2D eigenvalue weighted by Crippen LogP contribution is -2.14. The van der Waals surface area contributed by atoms with Gasteiger partial charge in [-0.25, -0.2) is 8.78 Å². The maximum Gasteiger partial charge on any atom is 0.133 e. The van der Waals surface area contributed by atoms with E-state index >= 15 is 0 Å². The first kappa shape index (κ1) is 19.6. The highest BCUT2D eigenvalue weighted by atomic mass is 31.1. The molecule has 1 rings (SSSR count). The summed E-state index contributed by atoms with van der Waals surface area (Å²) in [6.07, 6.45) is 8.36. The molecule has 0 heterocycles. The lowest BCUT2D eigenvalue weighted by molar-refractivity contribution is 0.389. The van der Waals surface area contributed by atoms with Crippen molar-refractivity contribution in [3.8, 4) is 0 Å². The molecule has 0 fully saturated rings. The van der Waals surface area contributed by atoms with E-state index in [0.29, 0.717) is 5.92 Å². The monoisotopic (exact) mass is 328 g/mol. The van der Waals surface area contributed by atoms with E-state index in [1.54, 1.807) is 6.07 Å². The average Bonchev–Trinajstić information content (AvgIpc) is 2.49. The molecule has 3 atom stereocenters. The Bertz CT molecular complexity index is 433. The van der Waals surface area contributed by atoms with Crippen LogP contribution in [0.3, 0.4) is 0 Å². The van der Waals surface area contributed by atoms with Gasteiger partial charge in [0.15, 0.2) is 0 Å². The van der Waals surface area contributed by atoms with Gasteiger partial charge in [-0.3, -0.25) is 0 Å². The zero-order valence-corrected chi connectivity index (χ0v) is 15.4. The molecule has 3 heteroatoms. The third-order valence-corrected chi connectivity index (χ3v) is 7.38. The number of hydrogen-bond acceptors (Lipinski definition) is 0. The van der Waals surface area contributed by atoms with Gasteiger partial charge >= 0.3 is 0 Å². The summed E-state index contributed by atoms with van der Waals surface area (Å²) in [5.74, 6) is 0.604. The molecule has 1 aromatic rings. The SMILES string of the molecule is CCCC(CC)CCC(C)CP(CC)c1ccc(F)cc1F. The van der Waals surface area contributed by atoms with E-state index in [2.05, 4.69) is 27.7 Å². The van der Waals surface area contributed by atoms with Crippen molar-refractivity contribution in [2.45, 2.75) is 59.8 Å². The maximum absolute atomic E-state index is 14.0. The molecule has 0 amide bonds. The second-order valence-corrected chi connectivity index (χ2v) is 8.94. The molecule has 22 heavy (non-hydrogen) atoms. The Morgan fingerprint density at radius 1 is 1.05 bits per heavy atom. The van der Waals surface area contributed by atoms with Gasteiger partial charge in [0.1, 0.15) is 11.6 Å². The summed E-state index contributed by atoms with van der Waals surface area (Å²) in [7, 11) is -0.511. The van der Waals surface area contributed by atoms with Crippen molar-refractivity contribution >= 4 is 13.2 Å². The first-order valence-electron chi connectivity index (χ1n) is 8.71. The molecule has 3 unspecified atom stereocenters. The lowest BCUT2D eigenvalue weighted by atomic mass is 9.92. The van der Waals surface area contributed by atoms with Gasteiger partial charge in [0, 0.05) is 11.4 Å². The van der Waals surface area contributed by atoms with Gasteiger partial charge in [0.25, 0.3) is 0 Å². The molecule has 0 aliphatic carbocycles. The van der Waals surface area contributed by atoms with Crippen LogP contribution < -0.4 is 5.30 Å². The largest absolute Gasteiger partial charge is 0.207 e. The molecule has 0 bridgehead atoms. The van der Waals surface area contributed by atoms with Gasteiger partial charge in [0.05, 0.1) is 0 Å². The number of halogens is 2. The summed E-state index contributed by atoms with van der Waals surface area (Å²) in [5.41, 5.74) is 0. The molecule has 0 aromatic heterocycles. The van der Waals surface area contributed by atoms with Gasteiger partial charge in [-0.05, 0) is 36.3 Å². The number of rotatable bonds is 10. The van der Waals surface area contributed by atoms with E-state index in [0.717, 1.165) is 29.6 Å². The second kappa shape index (κ2) is 10.3. The Morgan fingerprint density at radius 2 is 1.77 bits per heavy atom. The summed E-state index contributed by atoms with van der Waals surface area (Å²) < 4.78 is 27.0. The number of hydrogen-bond donors (Lipinski definition) is 0. The van der Waals surface area contributed by atoms with Gasteiger partial charge < -0.3 is 0 Å². The predicted molar refractivity (Wildman–Crippen MR) is 95.4 cm³/mol. The van der Waals surface area contributed by atoms with Crippen molar-refractivity contribution in [3.63, 3.8) is 0 Å². The minimum atomic E-state index is -0.511. The quantitative estimate of drug-likeness (QED) is 0.440. The van der Waals surface area contributed by atoms with E-state index in [-0.39, 0.29) is 5.82 Å². The van der Waals surface area contributed by atoms with Crippen LogP contribution in [0.2, 0.25) is 0 Å². The van der Waals surface area contributed by atoms with E-state index in [1.165, 1.54) is 38.2 Å². The van der Waals surface area contributed by atoms with Crippen LogP contribution >= 0.6 is 7.92 Å². The zero-order chi connectivity index (χ0) is 16.5. The van der Waals surface area contributed by atoms with Gasteiger partial charge in [-0.15, -0.1) is 0 Å². The molecule has 0 saturated carbocycles. The maximum atomic E-state index is 14.0. The van der Waals surface area contributed by atoms with Crippen LogP contribution in [0.5, 0.6) is 0 Å². The van der Waals surface area contributed by atoms with E-state index in [1.807, 2.05) is 0 Å². The molecular formula is C19H31F2P. The summed E-state index contributed by atoms with van der Waals surface area (Å²) in [4.78, 5) is 0. The number of benzene rings is 1. The average molecular weight is 328 g/mol. The molecule has 0 saturated heterocycles. The van der Waals surface area contributed by atoms with E-state index < -0.39 is 13.7 Å². The van der Waals surface area contributed by atoms with Crippen molar-refractivity contribution in [2.75, 3.05) is 12.3 Å². The summed E-state index contributed by atoms with van der Waals surface area (Å²) >= 11 is 0. The molecule has 126 valence electrons. The molecular weight excluding hydrogens is 297 g/mol. The Hall–Kier alpha value is -0.490. The third-order valence-electron chi connectivity index (χ3n) is 4.51. The van der Waals surface area contributed by atoms with Gasteiger partial charge in [-0.1, -0.05) is 67.7 Å². The van der Waals surface area contributed by atoms with Crippen LogP contribution in [0.1, 0.15) is 59.8 Å². The molecule has 0 spiro atoms. The van der Waals surface area contributed by atoms with Crippen LogP contribution in [-0.4, -0.2) is 12.3 Å². The summed E-state index contributed by atoms with van der Waals surface area (Å²) in [6.45, 7) is 8.93. The third kappa shape index (κ3) is 6.32. The lowest BCUT2D eigenvalue weighted by Gasteiger charge is -2.23. The van der Waals surface area contributed by atoms with Crippen LogP contribution in [0.25, 0.3) is 0 Å². The van der Waals surface area contributed by atoms with Gasteiger partial charge in [0.2, 0.25) is 0 Å². The standard InChI is InChI=1S/C19H31F2P/c1-5-8-16(6-2)10-9-15(4)14-22(7-3)19-12-11-17(20)13-18(19)21/h11-13,15-16H,5-10,14H2,1-4H3. The fourth-order valence-electron chi connectivity index (χ4n) is 3.08. The molecule has 0 N–H and O–H groups in total. The highest BCUT2D eigenvalue weighted by Gasteiger charge is 2.18. The highest BCUT2D eigenvalue weighted by molar-refractivity contribution is 7.65. The van der Waals surface area contributed by atoms with Crippen molar-refractivity contribution in [1.29, 1.82) is 0 Å². The minimum absolute atomic E-state index is 0.363. The van der Waals surface area contributed by atoms with Crippen molar-refractivity contribution < 1.29 is 8.78 Å². The predicted octanol–water partition coefficient (Wildman–Crippen LogP) is 6.33. The Balaban J connectivity index is 2.58. The van der Waals surface area contributed by atoms with Crippen molar-refractivity contribution in [2.24, 2.45) is 11.8 Å². The first-order valence-corrected chi connectivity index (χ1v) is 10.4. The van der Waals surface area contributed by atoms with Crippen LogP contribution in [-0.2, 0) is 0 Å². The first-order chi connectivity index (χ1) is 10.5. The van der Waals surface area contributed by atoms with Crippen LogP contribution in [0.4, 0.5) is 8.78 Å². The Morgan fingerprint density at radius 3 is 2.32 bits per heavy atom. The molecule has 0 aliphatic rings. The fourth-order valence-corrected chi connectivity index (χ4v) is 5.47. The van der Waals surface area contributed by atoms with Crippen molar-refractivity contribution in [1.82, 2.24) is 0 Å². The molecule has 1 aromatic carbocycles. The second-order valence-electron chi connectivity index (χ2n) is 6.38. The van der Waals surface area contributed by atoms with E-state index in [9.17, 15) is 8.78 Å². The molecule has 0 nitrogen and oxygen atoms in total. The smallest absolute Gasteiger partial charge is 0.133 e. The topological polar surface area (TPSA) is 0 Å². The normalized spacial score (nSPS) is 15.5. The molecule has 0 aliphatic heterocycles.